The molecule has 1 atom stereocenters. The zero-order valence-corrected chi connectivity index (χ0v) is 13.0. The number of nitrogens with zero attached hydrogens (tertiary/aromatic N) is 2. The molecular formula is C13H22ClN3O2. The van der Waals surface area contributed by atoms with Gasteiger partial charge in [0.1, 0.15) is 5.54 Å². The molecule has 0 radical (unpaired) electrons. The zero-order chi connectivity index (χ0) is 14.6. The molecule has 0 bridgehead atoms. The second-order valence-electron chi connectivity index (χ2n) is 4.76. The van der Waals surface area contributed by atoms with E-state index in [1.807, 2.05) is 25.5 Å². The number of hydrogen-bond acceptors (Lipinski definition) is 4. The van der Waals surface area contributed by atoms with E-state index in [9.17, 15) is 4.79 Å². The van der Waals surface area contributed by atoms with Gasteiger partial charge in [-0.3, -0.25) is 9.48 Å². The van der Waals surface area contributed by atoms with Crippen molar-refractivity contribution in [1.82, 2.24) is 15.1 Å². The summed E-state index contributed by atoms with van der Waals surface area (Å²) in [7, 11) is 1.76. The van der Waals surface area contributed by atoms with Crippen LogP contribution >= 0.6 is 11.6 Å². The lowest BCUT2D eigenvalue weighted by atomic mass is 9.98. The Kier molecular flexibility index (Phi) is 5.38. The Hall–Kier alpha value is -1.07. The summed E-state index contributed by atoms with van der Waals surface area (Å²) < 4.78 is 6.91. The van der Waals surface area contributed by atoms with Crippen LogP contribution in [0.15, 0.2) is 0 Å². The first-order valence-corrected chi connectivity index (χ1v) is 6.79. The highest BCUT2D eigenvalue weighted by molar-refractivity contribution is 6.31. The minimum Gasteiger partial charge on any atom is -0.465 e. The van der Waals surface area contributed by atoms with Crippen LogP contribution in [0.5, 0.6) is 0 Å². The van der Waals surface area contributed by atoms with Crippen LogP contribution in [-0.2, 0) is 16.1 Å². The summed E-state index contributed by atoms with van der Waals surface area (Å²) in [6.07, 6.45) is 0.584. The third kappa shape index (κ3) is 3.48. The van der Waals surface area contributed by atoms with E-state index in [1.165, 1.54) is 0 Å². The predicted molar refractivity (Wildman–Crippen MR) is 75.4 cm³/mol. The fourth-order valence-electron chi connectivity index (χ4n) is 1.84. The molecule has 0 saturated heterocycles. The van der Waals surface area contributed by atoms with E-state index in [2.05, 4.69) is 10.4 Å². The summed E-state index contributed by atoms with van der Waals surface area (Å²) in [5.41, 5.74) is 1.01. The number of aryl methyl sites for hydroxylation is 2. The van der Waals surface area contributed by atoms with Gasteiger partial charge in [0.05, 0.1) is 23.0 Å². The summed E-state index contributed by atoms with van der Waals surface area (Å²) in [5.74, 6) is -0.245. The van der Waals surface area contributed by atoms with Gasteiger partial charge < -0.3 is 10.1 Å². The number of esters is 1. The SMILES string of the molecule is CCOC(=O)C(C)(CCn1nc(C)c(Cl)c1C)NC. The van der Waals surface area contributed by atoms with Crippen LogP contribution in [-0.4, -0.2) is 34.9 Å². The summed E-state index contributed by atoms with van der Waals surface area (Å²) in [4.78, 5) is 11.9. The molecule has 1 heterocycles. The van der Waals surface area contributed by atoms with Crippen molar-refractivity contribution in [2.75, 3.05) is 13.7 Å². The molecule has 0 aliphatic rings. The van der Waals surface area contributed by atoms with Crippen molar-refractivity contribution < 1.29 is 9.53 Å². The Balaban J connectivity index is 2.77. The second-order valence-corrected chi connectivity index (χ2v) is 5.14. The molecule has 1 aromatic heterocycles. The summed E-state index contributed by atoms with van der Waals surface area (Å²) >= 11 is 6.10. The lowest BCUT2D eigenvalue weighted by molar-refractivity contribution is -0.150. The van der Waals surface area contributed by atoms with Crippen molar-refractivity contribution in [3.05, 3.63) is 16.4 Å². The van der Waals surface area contributed by atoms with Crippen LogP contribution in [0.1, 0.15) is 31.7 Å². The van der Waals surface area contributed by atoms with Crippen molar-refractivity contribution in [3.63, 3.8) is 0 Å². The van der Waals surface area contributed by atoms with Crippen LogP contribution < -0.4 is 5.32 Å². The first-order valence-electron chi connectivity index (χ1n) is 6.41. The van der Waals surface area contributed by atoms with E-state index in [0.717, 1.165) is 11.4 Å². The minimum atomic E-state index is -0.714. The fourth-order valence-corrected chi connectivity index (χ4v) is 1.98. The molecule has 1 N–H and O–H groups in total. The number of hydrogen-bond donors (Lipinski definition) is 1. The summed E-state index contributed by atoms with van der Waals surface area (Å²) in [6, 6.07) is 0. The molecule has 0 aliphatic carbocycles. The molecule has 0 amide bonds. The molecule has 5 nitrogen and oxygen atoms in total. The van der Waals surface area contributed by atoms with Gasteiger partial charge in [-0.25, -0.2) is 0 Å². The molecule has 0 saturated carbocycles. The third-order valence-electron chi connectivity index (χ3n) is 3.39. The van der Waals surface area contributed by atoms with Crippen LogP contribution in [0.2, 0.25) is 5.02 Å². The molecule has 19 heavy (non-hydrogen) atoms. The highest BCUT2D eigenvalue weighted by Crippen LogP contribution is 2.21. The van der Waals surface area contributed by atoms with Crippen LogP contribution in [0.25, 0.3) is 0 Å². The third-order valence-corrected chi connectivity index (χ3v) is 3.94. The molecule has 108 valence electrons. The normalized spacial score (nSPS) is 14.2. The molecule has 0 aliphatic heterocycles. The number of likely N-dealkylation sites (N-methyl/N-ethyl adjacent to an activating group) is 1. The van der Waals surface area contributed by atoms with Crippen molar-refractivity contribution in [2.45, 2.75) is 46.2 Å². The second kappa shape index (κ2) is 6.39. The Labute approximate surface area is 119 Å². The lowest BCUT2D eigenvalue weighted by Gasteiger charge is -2.26. The molecular weight excluding hydrogens is 266 g/mol. The highest BCUT2D eigenvalue weighted by atomic mass is 35.5. The number of rotatable bonds is 6. The number of nitrogens with one attached hydrogen (secondary N) is 1. The molecule has 1 rings (SSSR count). The van der Waals surface area contributed by atoms with Crippen molar-refractivity contribution >= 4 is 17.6 Å². The van der Waals surface area contributed by atoms with Crippen molar-refractivity contribution in [1.29, 1.82) is 0 Å². The van der Waals surface area contributed by atoms with Gasteiger partial charge in [-0.2, -0.15) is 5.10 Å². The average Bonchev–Trinajstić information content (AvgIpc) is 2.63. The summed E-state index contributed by atoms with van der Waals surface area (Å²) in [6.45, 7) is 8.41. The Morgan fingerprint density at radius 3 is 2.58 bits per heavy atom. The minimum absolute atomic E-state index is 0.245. The maximum atomic E-state index is 11.9. The van der Waals surface area contributed by atoms with Crippen LogP contribution in [0.4, 0.5) is 0 Å². The smallest absolute Gasteiger partial charge is 0.326 e. The van der Waals surface area contributed by atoms with Crippen molar-refractivity contribution in [2.24, 2.45) is 0 Å². The molecule has 1 aromatic rings. The Morgan fingerprint density at radius 2 is 2.16 bits per heavy atom. The zero-order valence-electron chi connectivity index (χ0n) is 12.2. The van der Waals surface area contributed by atoms with Gasteiger partial charge in [0, 0.05) is 6.54 Å². The van der Waals surface area contributed by atoms with Gasteiger partial charge in [-0.15, -0.1) is 0 Å². The monoisotopic (exact) mass is 287 g/mol. The van der Waals surface area contributed by atoms with Gasteiger partial charge in [0.2, 0.25) is 0 Å². The quantitative estimate of drug-likeness (QED) is 0.814. The number of aromatic nitrogens is 2. The van der Waals surface area contributed by atoms with Gasteiger partial charge in [0.15, 0.2) is 0 Å². The van der Waals surface area contributed by atoms with Crippen LogP contribution in [0.3, 0.4) is 0 Å². The number of carbonyl (C=O) groups is 1. The van der Waals surface area contributed by atoms with E-state index in [0.29, 0.717) is 24.6 Å². The predicted octanol–water partition coefficient (Wildman–Crippen LogP) is 2.08. The van der Waals surface area contributed by atoms with Gasteiger partial charge in [-0.1, -0.05) is 11.6 Å². The van der Waals surface area contributed by atoms with E-state index in [4.69, 9.17) is 16.3 Å². The van der Waals surface area contributed by atoms with Crippen LogP contribution in [0, 0.1) is 13.8 Å². The first kappa shape index (κ1) is 16.0. The standard InChI is InChI=1S/C13H22ClN3O2/c1-6-19-12(18)13(4,15-5)7-8-17-10(3)11(14)9(2)16-17/h15H,6-8H2,1-5H3. The molecule has 1 unspecified atom stereocenters. The number of carbonyl (C=O) groups excluding carboxylic acids is 1. The topological polar surface area (TPSA) is 56.2 Å². The van der Waals surface area contributed by atoms with Gasteiger partial charge in [0.25, 0.3) is 0 Å². The average molecular weight is 288 g/mol. The van der Waals surface area contributed by atoms with Crippen molar-refractivity contribution in [3.8, 4) is 0 Å². The van der Waals surface area contributed by atoms with E-state index >= 15 is 0 Å². The highest BCUT2D eigenvalue weighted by Gasteiger charge is 2.33. The lowest BCUT2D eigenvalue weighted by Crippen LogP contribution is -2.49. The van der Waals surface area contributed by atoms with Gasteiger partial charge >= 0.3 is 5.97 Å². The number of ether oxygens (including phenoxy) is 1. The van der Waals surface area contributed by atoms with E-state index < -0.39 is 5.54 Å². The molecule has 0 aromatic carbocycles. The van der Waals surface area contributed by atoms with Gasteiger partial charge in [-0.05, 0) is 41.2 Å². The molecule has 6 heteroatoms. The fraction of sp³-hybridized carbons (Fsp3) is 0.692. The van der Waals surface area contributed by atoms with E-state index in [1.54, 1.807) is 14.0 Å². The largest absolute Gasteiger partial charge is 0.465 e. The summed E-state index contributed by atoms with van der Waals surface area (Å²) in [5, 5.41) is 8.07. The first-order chi connectivity index (χ1) is 8.85. The Morgan fingerprint density at radius 1 is 1.53 bits per heavy atom. The Bertz CT molecular complexity index is 459. The number of halogens is 1. The maximum Gasteiger partial charge on any atom is 0.326 e. The molecule has 0 fully saturated rings. The molecule has 0 spiro atoms. The van der Waals surface area contributed by atoms with E-state index in [-0.39, 0.29) is 5.97 Å². The maximum absolute atomic E-state index is 11.9.